The van der Waals surface area contributed by atoms with E-state index in [0.29, 0.717) is 0 Å². The molecule has 0 saturated heterocycles. The SMILES string of the molecule is Fc1cccc(-c2cn[nH]n2)c1F. The second kappa shape index (κ2) is 2.93. The average molecular weight is 181 g/mol. The molecule has 0 saturated carbocycles. The van der Waals surface area contributed by atoms with Crippen LogP contribution in [0.15, 0.2) is 24.4 Å². The highest BCUT2D eigenvalue weighted by atomic mass is 19.2. The smallest absolute Gasteiger partial charge is 0.168 e. The van der Waals surface area contributed by atoms with Crippen molar-refractivity contribution in [1.82, 2.24) is 15.4 Å². The first-order chi connectivity index (χ1) is 6.29. The van der Waals surface area contributed by atoms with E-state index in [4.69, 9.17) is 0 Å². The van der Waals surface area contributed by atoms with Gasteiger partial charge in [-0.1, -0.05) is 6.07 Å². The molecule has 2 aromatic rings. The van der Waals surface area contributed by atoms with Gasteiger partial charge in [0.1, 0.15) is 5.69 Å². The molecule has 0 aliphatic heterocycles. The van der Waals surface area contributed by atoms with E-state index in [1.165, 1.54) is 18.3 Å². The van der Waals surface area contributed by atoms with Crippen LogP contribution in [0.3, 0.4) is 0 Å². The number of benzene rings is 1. The molecular formula is C8H5F2N3. The van der Waals surface area contributed by atoms with E-state index in [1.807, 2.05) is 0 Å². The third-order valence-electron chi connectivity index (χ3n) is 1.64. The highest BCUT2D eigenvalue weighted by Crippen LogP contribution is 2.20. The summed E-state index contributed by atoms with van der Waals surface area (Å²) in [4.78, 5) is 0. The van der Waals surface area contributed by atoms with Crippen LogP contribution in [0.4, 0.5) is 8.78 Å². The van der Waals surface area contributed by atoms with Gasteiger partial charge in [-0.25, -0.2) is 8.78 Å². The fourth-order valence-corrected chi connectivity index (χ4v) is 1.03. The summed E-state index contributed by atoms with van der Waals surface area (Å²) in [5, 5.41) is 9.48. The van der Waals surface area contributed by atoms with Gasteiger partial charge in [0.15, 0.2) is 11.6 Å². The van der Waals surface area contributed by atoms with Crippen LogP contribution in [0, 0.1) is 11.6 Å². The number of aromatic amines is 1. The van der Waals surface area contributed by atoms with Crippen molar-refractivity contribution in [2.75, 3.05) is 0 Å². The van der Waals surface area contributed by atoms with Crippen LogP contribution in [0.5, 0.6) is 0 Å². The molecule has 3 nitrogen and oxygen atoms in total. The second-order valence-electron chi connectivity index (χ2n) is 2.46. The molecule has 0 unspecified atom stereocenters. The van der Waals surface area contributed by atoms with Crippen LogP contribution in [-0.4, -0.2) is 15.4 Å². The topological polar surface area (TPSA) is 41.6 Å². The zero-order valence-corrected chi connectivity index (χ0v) is 6.46. The largest absolute Gasteiger partial charge is 0.204 e. The number of hydrogen-bond donors (Lipinski definition) is 1. The van der Waals surface area contributed by atoms with Crippen molar-refractivity contribution in [2.45, 2.75) is 0 Å². The van der Waals surface area contributed by atoms with Gasteiger partial charge in [0.2, 0.25) is 0 Å². The molecule has 1 N–H and O–H groups in total. The van der Waals surface area contributed by atoms with Gasteiger partial charge in [0.25, 0.3) is 0 Å². The van der Waals surface area contributed by atoms with Crippen molar-refractivity contribution in [3.63, 3.8) is 0 Å². The monoisotopic (exact) mass is 181 g/mol. The molecular weight excluding hydrogens is 176 g/mol. The van der Waals surface area contributed by atoms with Crippen molar-refractivity contribution in [3.8, 4) is 11.3 Å². The van der Waals surface area contributed by atoms with E-state index < -0.39 is 11.6 Å². The molecule has 0 spiro atoms. The van der Waals surface area contributed by atoms with Crippen LogP contribution in [0.1, 0.15) is 0 Å². The Kier molecular flexibility index (Phi) is 1.77. The van der Waals surface area contributed by atoms with Crippen LogP contribution >= 0.6 is 0 Å². The fraction of sp³-hybridized carbons (Fsp3) is 0. The lowest BCUT2D eigenvalue weighted by Crippen LogP contribution is -1.88. The summed E-state index contributed by atoms with van der Waals surface area (Å²) in [5.41, 5.74) is 0.394. The highest BCUT2D eigenvalue weighted by molar-refractivity contribution is 5.58. The predicted octanol–water partition coefficient (Wildman–Crippen LogP) is 1.75. The molecule has 0 radical (unpaired) electrons. The van der Waals surface area contributed by atoms with Crippen molar-refractivity contribution in [1.29, 1.82) is 0 Å². The zero-order valence-electron chi connectivity index (χ0n) is 6.46. The van der Waals surface area contributed by atoms with E-state index in [9.17, 15) is 8.78 Å². The number of halogens is 2. The molecule has 0 bridgehead atoms. The van der Waals surface area contributed by atoms with E-state index in [2.05, 4.69) is 15.4 Å². The molecule has 1 heterocycles. The first-order valence-electron chi connectivity index (χ1n) is 3.59. The lowest BCUT2D eigenvalue weighted by Gasteiger charge is -1.97. The highest BCUT2D eigenvalue weighted by Gasteiger charge is 2.10. The van der Waals surface area contributed by atoms with Gasteiger partial charge in [-0.15, -0.1) is 0 Å². The Bertz CT molecular complexity index is 411. The molecule has 0 atom stereocenters. The average Bonchev–Trinajstić information content (AvgIpc) is 2.62. The molecule has 66 valence electrons. The van der Waals surface area contributed by atoms with Crippen LogP contribution in [-0.2, 0) is 0 Å². The maximum atomic E-state index is 13.1. The van der Waals surface area contributed by atoms with Crippen molar-refractivity contribution < 1.29 is 8.78 Å². The van der Waals surface area contributed by atoms with Crippen molar-refractivity contribution in [3.05, 3.63) is 36.0 Å². The summed E-state index contributed by atoms with van der Waals surface area (Å²) in [7, 11) is 0. The molecule has 0 aliphatic carbocycles. The van der Waals surface area contributed by atoms with Crippen molar-refractivity contribution >= 4 is 0 Å². The number of nitrogens with zero attached hydrogens (tertiary/aromatic N) is 2. The molecule has 0 aliphatic rings. The first-order valence-corrected chi connectivity index (χ1v) is 3.59. The predicted molar refractivity (Wildman–Crippen MR) is 41.7 cm³/mol. The summed E-state index contributed by atoms with van der Waals surface area (Å²) in [6.45, 7) is 0. The van der Waals surface area contributed by atoms with E-state index in [1.54, 1.807) is 0 Å². The van der Waals surface area contributed by atoms with Crippen molar-refractivity contribution in [2.24, 2.45) is 0 Å². The minimum Gasteiger partial charge on any atom is -0.204 e. The van der Waals surface area contributed by atoms with Gasteiger partial charge in [-0.3, -0.25) is 0 Å². The zero-order chi connectivity index (χ0) is 9.26. The summed E-state index contributed by atoms with van der Waals surface area (Å²) in [6, 6.07) is 3.91. The van der Waals surface area contributed by atoms with Gasteiger partial charge in [-0.2, -0.15) is 15.4 Å². The first kappa shape index (κ1) is 7.85. The minimum absolute atomic E-state index is 0.105. The van der Waals surface area contributed by atoms with Crippen LogP contribution < -0.4 is 0 Å². The summed E-state index contributed by atoms with van der Waals surface area (Å²) < 4.78 is 25.8. The summed E-state index contributed by atoms with van der Waals surface area (Å²) in [6.07, 6.45) is 1.33. The Balaban J connectivity index is 2.59. The number of nitrogens with one attached hydrogen (secondary N) is 1. The lowest BCUT2D eigenvalue weighted by atomic mass is 10.1. The quantitative estimate of drug-likeness (QED) is 0.728. The third-order valence-corrected chi connectivity index (χ3v) is 1.64. The second-order valence-corrected chi connectivity index (χ2v) is 2.46. The molecule has 1 aromatic heterocycles. The third kappa shape index (κ3) is 1.28. The maximum absolute atomic E-state index is 13.1. The van der Waals surface area contributed by atoms with E-state index in [0.717, 1.165) is 6.07 Å². The normalized spacial score (nSPS) is 10.3. The Morgan fingerprint density at radius 1 is 1.23 bits per heavy atom. The van der Waals surface area contributed by atoms with Gasteiger partial charge in [0, 0.05) is 5.56 Å². The number of rotatable bonds is 1. The molecule has 0 fully saturated rings. The van der Waals surface area contributed by atoms with Gasteiger partial charge >= 0.3 is 0 Å². The summed E-state index contributed by atoms with van der Waals surface area (Å²) in [5.74, 6) is -1.79. The number of hydrogen-bond acceptors (Lipinski definition) is 2. The molecule has 5 heteroatoms. The fourth-order valence-electron chi connectivity index (χ4n) is 1.03. The van der Waals surface area contributed by atoms with Crippen LogP contribution in [0.2, 0.25) is 0 Å². The molecule has 0 amide bonds. The van der Waals surface area contributed by atoms with Gasteiger partial charge in [-0.05, 0) is 12.1 Å². The summed E-state index contributed by atoms with van der Waals surface area (Å²) >= 11 is 0. The molecule has 13 heavy (non-hydrogen) atoms. The van der Waals surface area contributed by atoms with E-state index >= 15 is 0 Å². The number of H-pyrrole nitrogens is 1. The number of aromatic nitrogens is 3. The minimum atomic E-state index is -0.906. The molecule has 2 rings (SSSR count). The van der Waals surface area contributed by atoms with Gasteiger partial charge < -0.3 is 0 Å². The Hall–Kier alpha value is -1.78. The maximum Gasteiger partial charge on any atom is 0.168 e. The van der Waals surface area contributed by atoms with E-state index in [-0.39, 0.29) is 11.3 Å². The standard InChI is InChI=1S/C8H5F2N3/c9-6-3-1-2-5(8(6)10)7-4-11-13-12-7/h1-4H,(H,11,12,13). The lowest BCUT2D eigenvalue weighted by molar-refractivity contribution is 0.511. The Morgan fingerprint density at radius 2 is 2.08 bits per heavy atom. The Labute approximate surface area is 72.4 Å². The Morgan fingerprint density at radius 3 is 2.77 bits per heavy atom. The molecule has 1 aromatic carbocycles. The van der Waals surface area contributed by atoms with Gasteiger partial charge in [0.05, 0.1) is 6.20 Å². The van der Waals surface area contributed by atoms with Crippen LogP contribution in [0.25, 0.3) is 11.3 Å².